The van der Waals surface area contributed by atoms with Gasteiger partial charge in [0.05, 0.1) is 18.8 Å². The van der Waals surface area contributed by atoms with Crippen molar-refractivity contribution in [2.45, 2.75) is 45.1 Å². The maximum atomic E-state index is 12.6. The lowest BCUT2D eigenvalue weighted by Gasteiger charge is -2.37. The van der Waals surface area contributed by atoms with E-state index < -0.39 is 29.6 Å². The third kappa shape index (κ3) is 5.88. The minimum absolute atomic E-state index is 0.0534. The second kappa shape index (κ2) is 10.7. The molecule has 0 spiro atoms. The molecule has 1 aromatic heterocycles. The quantitative estimate of drug-likeness (QED) is 0.315. The van der Waals surface area contributed by atoms with Gasteiger partial charge in [0.15, 0.2) is 0 Å². The van der Waals surface area contributed by atoms with E-state index in [1.807, 2.05) is 0 Å². The second-order valence-corrected chi connectivity index (χ2v) is 8.91. The van der Waals surface area contributed by atoms with Crippen LogP contribution in [0.1, 0.15) is 37.1 Å². The van der Waals surface area contributed by atoms with Gasteiger partial charge in [-0.1, -0.05) is 24.3 Å². The largest absolute Gasteiger partial charge is 0.755 e. The molecule has 0 radical (unpaired) electrons. The predicted octanol–water partition coefficient (Wildman–Crippen LogP) is 4.69. The van der Waals surface area contributed by atoms with Crippen LogP contribution in [-0.4, -0.2) is 37.5 Å². The molecule has 12 heteroatoms. The van der Waals surface area contributed by atoms with Crippen molar-refractivity contribution in [3.05, 3.63) is 66.0 Å². The summed E-state index contributed by atoms with van der Waals surface area (Å²) < 4.78 is 74.1. The van der Waals surface area contributed by atoms with Gasteiger partial charge in [-0.05, 0) is 61.6 Å². The lowest BCUT2D eigenvalue weighted by atomic mass is 9.92. The van der Waals surface area contributed by atoms with Gasteiger partial charge in [-0.2, -0.15) is 5.10 Å². The zero-order chi connectivity index (χ0) is 25.9. The molecule has 0 N–H and O–H groups in total. The SMILES string of the molecule is CCOC(=O)Cn1ncc2c1CCCC2N(c1ccc(-c2cccc(OC(F)(F)F)c2)cc1)S(=O)[O-]. The highest BCUT2D eigenvalue weighted by molar-refractivity contribution is 7.80. The van der Waals surface area contributed by atoms with Gasteiger partial charge in [-0.25, -0.2) is 0 Å². The third-order valence-corrected chi connectivity index (χ3v) is 6.57. The highest BCUT2D eigenvalue weighted by Crippen LogP contribution is 2.38. The summed E-state index contributed by atoms with van der Waals surface area (Å²) in [7, 11) is 0. The Morgan fingerprint density at radius 1 is 1.22 bits per heavy atom. The lowest BCUT2D eigenvalue weighted by Crippen LogP contribution is -2.33. The van der Waals surface area contributed by atoms with Gasteiger partial charge in [-0.15, -0.1) is 13.2 Å². The van der Waals surface area contributed by atoms with Gasteiger partial charge in [0.25, 0.3) is 0 Å². The molecule has 0 amide bonds. The number of ether oxygens (including phenoxy) is 2. The van der Waals surface area contributed by atoms with Crippen molar-refractivity contribution in [2.24, 2.45) is 0 Å². The zero-order valence-electron chi connectivity index (χ0n) is 19.2. The maximum absolute atomic E-state index is 12.6. The molecule has 1 aliphatic carbocycles. The minimum atomic E-state index is -4.80. The summed E-state index contributed by atoms with van der Waals surface area (Å²) in [6.45, 7) is 1.91. The number of esters is 1. The first-order valence-corrected chi connectivity index (χ1v) is 12.2. The highest BCUT2D eigenvalue weighted by atomic mass is 32.2. The van der Waals surface area contributed by atoms with E-state index >= 15 is 0 Å². The monoisotopic (exact) mass is 522 g/mol. The molecule has 1 heterocycles. The Balaban J connectivity index is 1.59. The number of rotatable bonds is 8. The van der Waals surface area contributed by atoms with E-state index in [0.717, 1.165) is 11.3 Å². The molecule has 0 fully saturated rings. The first-order chi connectivity index (χ1) is 17.2. The van der Waals surface area contributed by atoms with Crippen LogP contribution in [0, 0.1) is 0 Å². The zero-order valence-corrected chi connectivity index (χ0v) is 20.1. The van der Waals surface area contributed by atoms with Crippen LogP contribution in [-0.2, 0) is 33.8 Å². The fraction of sp³-hybridized carbons (Fsp3) is 0.333. The number of aromatic nitrogens is 2. The molecular formula is C24H23F3N3O5S-. The Bertz CT molecular complexity index is 1250. The Kier molecular flexibility index (Phi) is 7.65. The summed E-state index contributed by atoms with van der Waals surface area (Å²) in [5.74, 6) is -0.768. The van der Waals surface area contributed by atoms with Crippen molar-refractivity contribution in [1.29, 1.82) is 0 Å². The average molecular weight is 523 g/mol. The number of carbonyl (C=O) groups is 1. The number of alkyl halides is 3. The van der Waals surface area contributed by atoms with Crippen molar-refractivity contribution in [2.75, 3.05) is 10.9 Å². The van der Waals surface area contributed by atoms with Crippen LogP contribution in [0.15, 0.2) is 54.7 Å². The van der Waals surface area contributed by atoms with Crippen LogP contribution in [0.5, 0.6) is 5.75 Å². The third-order valence-electron chi connectivity index (χ3n) is 5.78. The summed E-state index contributed by atoms with van der Waals surface area (Å²) in [6, 6.07) is 11.5. The second-order valence-electron chi connectivity index (χ2n) is 8.08. The van der Waals surface area contributed by atoms with Crippen molar-refractivity contribution in [1.82, 2.24) is 9.78 Å². The van der Waals surface area contributed by atoms with Crippen LogP contribution in [0.2, 0.25) is 0 Å². The standard InChI is InChI=1S/C24H24F3N3O5S/c1-2-34-23(31)15-29-21-7-4-8-22(20(21)14-28-29)30(36(32)33)18-11-9-16(10-12-18)17-5-3-6-19(13-17)35-24(25,26)27/h3,5-6,9-14,22H,2,4,7-8,15H2,1H3,(H,32,33)/p-1. The molecule has 1 aliphatic rings. The maximum Gasteiger partial charge on any atom is 0.573 e. The number of anilines is 1. The van der Waals surface area contributed by atoms with Crippen molar-refractivity contribution in [3.63, 3.8) is 0 Å². The number of nitrogens with zero attached hydrogens (tertiary/aromatic N) is 3. The highest BCUT2D eigenvalue weighted by Gasteiger charge is 2.32. The summed E-state index contributed by atoms with van der Waals surface area (Å²) in [5.41, 5.74) is 2.97. The fourth-order valence-electron chi connectivity index (χ4n) is 4.35. The first-order valence-electron chi connectivity index (χ1n) is 11.2. The van der Waals surface area contributed by atoms with Crippen LogP contribution >= 0.6 is 0 Å². The van der Waals surface area contributed by atoms with Gasteiger partial charge in [0.1, 0.15) is 12.3 Å². The molecule has 8 nitrogen and oxygen atoms in total. The van der Waals surface area contributed by atoms with Crippen LogP contribution in [0.4, 0.5) is 18.9 Å². The minimum Gasteiger partial charge on any atom is -0.755 e. The average Bonchev–Trinajstić information content (AvgIpc) is 3.22. The van der Waals surface area contributed by atoms with Gasteiger partial charge in [0.2, 0.25) is 0 Å². The van der Waals surface area contributed by atoms with E-state index in [9.17, 15) is 26.7 Å². The molecule has 0 aliphatic heterocycles. The van der Waals surface area contributed by atoms with Crippen molar-refractivity contribution in [3.8, 4) is 16.9 Å². The smallest absolute Gasteiger partial charge is 0.573 e. The Labute approximate surface area is 208 Å². The summed E-state index contributed by atoms with van der Waals surface area (Å²) >= 11 is -2.62. The summed E-state index contributed by atoms with van der Waals surface area (Å²) in [6.07, 6.45) is -1.31. The topological polar surface area (TPSA) is 96.7 Å². The molecule has 0 saturated carbocycles. The van der Waals surface area contributed by atoms with E-state index in [2.05, 4.69) is 9.84 Å². The molecule has 192 valence electrons. The van der Waals surface area contributed by atoms with Crippen LogP contribution < -0.4 is 9.04 Å². The van der Waals surface area contributed by atoms with Crippen molar-refractivity contribution < 1.29 is 36.2 Å². The van der Waals surface area contributed by atoms with Gasteiger partial charge in [-0.3, -0.25) is 18.0 Å². The molecular weight excluding hydrogens is 499 g/mol. The van der Waals surface area contributed by atoms with E-state index in [1.54, 1.807) is 48.1 Å². The molecule has 0 saturated heterocycles. The molecule has 3 aromatic rings. The molecule has 4 rings (SSSR count). The molecule has 2 atom stereocenters. The van der Waals surface area contributed by atoms with E-state index in [1.165, 1.54) is 22.5 Å². The van der Waals surface area contributed by atoms with Gasteiger partial charge in [0, 0.05) is 28.2 Å². The molecule has 2 unspecified atom stereocenters. The summed E-state index contributed by atoms with van der Waals surface area (Å²) in [4.78, 5) is 11.9. The van der Waals surface area contributed by atoms with Crippen molar-refractivity contribution >= 4 is 22.9 Å². The number of hydrogen-bond acceptors (Lipinski definition) is 6. The molecule has 0 bridgehead atoms. The Morgan fingerprint density at radius 3 is 2.64 bits per heavy atom. The van der Waals surface area contributed by atoms with E-state index in [-0.39, 0.29) is 18.9 Å². The Morgan fingerprint density at radius 2 is 1.97 bits per heavy atom. The molecule has 2 aromatic carbocycles. The summed E-state index contributed by atoms with van der Waals surface area (Å²) in [5, 5.41) is 4.29. The predicted molar refractivity (Wildman–Crippen MR) is 124 cm³/mol. The fourth-order valence-corrected chi connectivity index (χ4v) is 5.07. The number of fused-ring (bicyclic) bond motifs is 1. The van der Waals surface area contributed by atoms with Gasteiger partial charge >= 0.3 is 12.3 Å². The Hall–Kier alpha value is -3.38. The number of benzene rings is 2. The number of carbonyl (C=O) groups excluding carboxylic acids is 1. The first kappa shape index (κ1) is 25.7. The number of hydrogen-bond donors (Lipinski definition) is 0. The lowest BCUT2D eigenvalue weighted by molar-refractivity contribution is -0.274. The van der Waals surface area contributed by atoms with Gasteiger partial charge < -0.3 is 14.0 Å². The van der Waals surface area contributed by atoms with Crippen LogP contribution in [0.25, 0.3) is 11.1 Å². The van der Waals surface area contributed by atoms with Crippen LogP contribution in [0.3, 0.4) is 0 Å². The normalized spacial score (nSPS) is 16.2. The van der Waals surface area contributed by atoms with E-state index in [0.29, 0.717) is 36.1 Å². The number of halogens is 3. The molecule has 36 heavy (non-hydrogen) atoms. The van der Waals surface area contributed by atoms with E-state index in [4.69, 9.17) is 4.74 Å².